The van der Waals surface area contributed by atoms with Crippen LogP contribution in [0.4, 0.5) is 4.39 Å². The van der Waals surface area contributed by atoms with Gasteiger partial charge in [0.25, 0.3) is 0 Å². The molecule has 17 heavy (non-hydrogen) atoms. The van der Waals surface area contributed by atoms with Crippen LogP contribution in [0, 0.1) is 5.82 Å². The number of carboxylic acids is 1. The van der Waals surface area contributed by atoms with Gasteiger partial charge in [0.05, 0.1) is 5.56 Å². The van der Waals surface area contributed by atoms with Crippen LogP contribution in [-0.4, -0.2) is 17.6 Å². The van der Waals surface area contributed by atoms with Gasteiger partial charge in [0, 0.05) is 6.04 Å². The summed E-state index contributed by atoms with van der Waals surface area (Å²) in [6, 6.07) is 3.01. The van der Waals surface area contributed by atoms with E-state index in [0.29, 0.717) is 6.42 Å². The van der Waals surface area contributed by atoms with Gasteiger partial charge in [-0.15, -0.1) is 0 Å². The maximum absolute atomic E-state index is 13.7. The van der Waals surface area contributed by atoms with E-state index < -0.39 is 11.8 Å². The summed E-state index contributed by atoms with van der Waals surface area (Å²) in [6.45, 7) is 2.90. The zero-order valence-corrected chi connectivity index (χ0v) is 9.79. The number of rotatable bonds is 3. The van der Waals surface area contributed by atoms with Crippen molar-refractivity contribution in [3.05, 3.63) is 34.6 Å². The first-order valence-corrected chi connectivity index (χ1v) is 5.92. The molecule has 1 aromatic carbocycles. The molecule has 0 aliphatic carbocycles. The number of hydrogen-bond acceptors (Lipinski definition) is 2. The summed E-state index contributed by atoms with van der Waals surface area (Å²) in [5, 5.41) is 12.2. The minimum absolute atomic E-state index is 0.169. The average Bonchev–Trinajstić information content (AvgIpc) is 2.81. The van der Waals surface area contributed by atoms with E-state index in [2.05, 4.69) is 5.32 Å². The SMILES string of the molecule is CCc1cc(C(=O)O)c(F)cc1[C@@H]1CCCN1. The molecule has 0 amide bonds. The Bertz CT molecular complexity index is 439. The van der Waals surface area contributed by atoms with Crippen LogP contribution < -0.4 is 5.32 Å². The lowest BCUT2D eigenvalue weighted by atomic mass is 9.95. The van der Waals surface area contributed by atoms with E-state index in [1.54, 1.807) is 0 Å². The molecule has 1 fully saturated rings. The van der Waals surface area contributed by atoms with Crippen molar-refractivity contribution in [2.75, 3.05) is 6.54 Å². The van der Waals surface area contributed by atoms with Gasteiger partial charge in [-0.2, -0.15) is 0 Å². The molecule has 0 bridgehead atoms. The van der Waals surface area contributed by atoms with Gasteiger partial charge in [0.2, 0.25) is 0 Å². The zero-order valence-electron chi connectivity index (χ0n) is 9.79. The van der Waals surface area contributed by atoms with Crippen LogP contribution in [0.3, 0.4) is 0 Å². The van der Waals surface area contributed by atoms with Crippen molar-refractivity contribution in [1.29, 1.82) is 0 Å². The highest BCUT2D eigenvalue weighted by atomic mass is 19.1. The quantitative estimate of drug-likeness (QED) is 0.849. The third kappa shape index (κ3) is 2.31. The van der Waals surface area contributed by atoms with Crippen molar-refractivity contribution in [2.45, 2.75) is 32.2 Å². The summed E-state index contributed by atoms with van der Waals surface area (Å²) in [5.41, 5.74) is 1.60. The Hall–Kier alpha value is -1.42. The Morgan fingerprint density at radius 2 is 2.35 bits per heavy atom. The summed E-state index contributed by atoms with van der Waals surface area (Å²) in [5.74, 6) is -1.85. The molecule has 4 heteroatoms. The van der Waals surface area contributed by atoms with E-state index in [0.717, 1.165) is 30.5 Å². The van der Waals surface area contributed by atoms with Gasteiger partial charge in [0.1, 0.15) is 5.82 Å². The fourth-order valence-electron chi connectivity index (χ4n) is 2.38. The van der Waals surface area contributed by atoms with Crippen LogP contribution in [0.5, 0.6) is 0 Å². The van der Waals surface area contributed by atoms with E-state index >= 15 is 0 Å². The monoisotopic (exact) mass is 237 g/mol. The number of benzene rings is 1. The van der Waals surface area contributed by atoms with E-state index in [4.69, 9.17) is 5.11 Å². The fourth-order valence-corrected chi connectivity index (χ4v) is 2.38. The Labute approximate surface area is 99.7 Å². The number of nitrogens with one attached hydrogen (secondary N) is 1. The molecular weight excluding hydrogens is 221 g/mol. The molecule has 3 nitrogen and oxygen atoms in total. The van der Waals surface area contributed by atoms with Crippen LogP contribution in [0.1, 0.15) is 47.3 Å². The molecule has 1 aliphatic rings. The second-order valence-corrected chi connectivity index (χ2v) is 4.34. The first-order chi connectivity index (χ1) is 8.13. The Morgan fingerprint density at radius 3 is 2.88 bits per heavy atom. The normalized spacial score (nSPS) is 19.5. The van der Waals surface area contributed by atoms with Gasteiger partial charge in [-0.1, -0.05) is 6.92 Å². The second kappa shape index (κ2) is 4.84. The minimum Gasteiger partial charge on any atom is -0.478 e. The highest BCUT2D eigenvalue weighted by molar-refractivity contribution is 5.88. The van der Waals surface area contributed by atoms with Crippen LogP contribution >= 0.6 is 0 Å². The van der Waals surface area contributed by atoms with Crippen molar-refractivity contribution in [2.24, 2.45) is 0 Å². The van der Waals surface area contributed by atoms with Crippen LogP contribution in [-0.2, 0) is 6.42 Å². The summed E-state index contributed by atoms with van der Waals surface area (Å²) in [4.78, 5) is 10.9. The number of carbonyl (C=O) groups is 1. The molecular formula is C13H16FNO2. The number of carboxylic acid groups (broad SMARTS) is 1. The van der Waals surface area contributed by atoms with Crippen LogP contribution in [0.15, 0.2) is 12.1 Å². The first kappa shape index (κ1) is 12.0. The fraction of sp³-hybridized carbons (Fsp3) is 0.462. The molecule has 0 radical (unpaired) electrons. The standard InChI is InChI=1S/C13H16FNO2/c1-2-8-6-10(13(16)17)11(14)7-9(8)12-4-3-5-15-12/h6-7,12,15H,2-5H2,1H3,(H,16,17)/t12-/m0/s1. The molecule has 1 aromatic rings. The summed E-state index contributed by atoms with van der Waals surface area (Å²) in [7, 11) is 0. The Morgan fingerprint density at radius 1 is 1.59 bits per heavy atom. The van der Waals surface area contributed by atoms with Gasteiger partial charge < -0.3 is 10.4 Å². The van der Waals surface area contributed by atoms with Crippen LogP contribution in [0.2, 0.25) is 0 Å². The molecule has 0 spiro atoms. The molecule has 1 aliphatic heterocycles. The minimum atomic E-state index is -1.21. The topological polar surface area (TPSA) is 49.3 Å². The molecule has 2 N–H and O–H groups in total. The highest BCUT2D eigenvalue weighted by Crippen LogP contribution is 2.28. The van der Waals surface area contributed by atoms with Gasteiger partial charge in [-0.25, -0.2) is 9.18 Å². The van der Waals surface area contributed by atoms with E-state index in [1.165, 1.54) is 12.1 Å². The Balaban J connectivity index is 2.44. The maximum atomic E-state index is 13.7. The molecule has 92 valence electrons. The smallest absolute Gasteiger partial charge is 0.338 e. The first-order valence-electron chi connectivity index (χ1n) is 5.92. The molecule has 2 rings (SSSR count). The number of halogens is 1. The summed E-state index contributed by atoms with van der Waals surface area (Å²) >= 11 is 0. The summed E-state index contributed by atoms with van der Waals surface area (Å²) < 4.78 is 13.7. The van der Waals surface area contributed by atoms with E-state index in [-0.39, 0.29) is 11.6 Å². The summed E-state index contributed by atoms with van der Waals surface area (Å²) in [6.07, 6.45) is 2.78. The van der Waals surface area contributed by atoms with Crippen molar-refractivity contribution in [3.8, 4) is 0 Å². The molecule has 1 heterocycles. The lowest BCUT2D eigenvalue weighted by Crippen LogP contribution is -2.16. The van der Waals surface area contributed by atoms with Gasteiger partial charge >= 0.3 is 5.97 Å². The number of aryl methyl sites for hydroxylation is 1. The van der Waals surface area contributed by atoms with Crippen molar-refractivity contribution in [3.63, 3.8) is 0 Å². The number of aromatic carboxylic acids is 1. The van der Waals surface area contributed by atoms with E-state index in [1.807, 2.05) is 6.92 Å². The van der Waals surface area contributed by atoms with Gasteiger partial charge in [-0.05, 0) is 49.1 Å². The van der Waals surface area contributed by atoms with Gasteiger partial charge in [0.15, 0.2) is 0 Å². The number of hydrogen-bond donors (Lipinski definition) is 2. The molecule has 0 unspecified atom stereocenters. The van der Waals surface area contributed by atoms with Gasteiger partial charge in [-0.3, -0.25) is 0 Å². The van der Waals surface area contributed by atoms with Crippen molar-refractivity contribution < 1.29 is 14.3 Å². The Kier molecular flexibility index (Phi) is 3.43. The molecule has 0 aromatic heterocycles. The van der Waals surface area contributed by atoms with Crippen LogP contribution in [0.25, 0.3) is 0 Å². The third-order valence-corrected chi connectivity index (χ3v) is 3.28. The maximum Gasteiger partial charge on any atom is 0.338 e. The molecule has 1 atom stereocenters. The predicted octanol–water partition coefficient (Wildman–Crippen LogP) is 2.51. The highest BCUT2D eigenvalue weighted by Gasteiger charge is 2.22. The lowest BCUT2D eigenvalue weighted by molar-refractivity contribution is 0.0691. The predicted molar refractivity (Wildman–Crippen MR) is 62.7 cm³/mol. The largest absolute Gasteiger partial charge is 0.478 e. The molecule has 1 saturated heterocycles. The molecule has 0 saturated carbocycles. The van der Waals surface area contributed by atoms with E-state index in [9.17, 15) is 9.18 Å². The lowest BCUT2D eigenvalue weighted by Gasteiger charge is -2.16. The van der Waals surface area contributed by atoms with Crippen molar-refractivity contribution in [1.82, 2.24) is 5.32 Å². The van der Waals surface area contributed by atoms with Crippen molar-refractivity contribution >= 4 is 5.97 Å². The third-order valence-electron chi connectivity index (χ3n) is 3.28. The zero-order chi connectivity index (χ0) is 12.4. The second-order valence-electron chi connectivity index (χ2n) is 4.34. The average molecular weight is 237 g/mol.